The molecule has 0 spiro atoms. The normalized spacial score (nSPS) is 23.7. The molecule has 0 aliphatic carbocycles. The van der Waals surface area contributed by atoms with Crippen LogP contribution in [-0.2, 0) is 11.3 Å². The molecule has 18 heavy (non-hydrogen) atoms. The molecule has 0 saturated carbocycles. The van der Waals surface area contributed by atoms with Crippen molar-refractivity contribution >= 4 is 5.91 Å². The Morgan fingerprint density at radius 3 is 3.06 bits per heavy atom. The average Bonchev–Trinajstić information content (AvgIpc) is 2.39. The zero-order chi connectivity index (χ0) is 13.0. The van der Waals surface area contributed by atoms with E-state index in [4.69, 9.17) is 0 Å². The van der Waals surface area contributed by atoms with Gasteiger partial charge in [0.05, 0.1) is 12.2 Å². The molecule has 1 N–H and O–H groups in total. The van der Waals surface area contributed by atoms with Crippen molar-refractivity contribution in [3.05, 3.63) is 30.1 Å². The van der Waals surface area contributed by atoms with Gasteiger partial charge in [-0.15, -0.1) is 0 Å². The van der Waals surface area contributed by atoms with Gasteiger partial charge < -0.3 is 10.2 Å². The first kappa shape index (κ1) is 13.0. The summed E-state index contributed by atoms with van der Waals surface area (Å²) in [6.07, 6.45) is 3.64. The number of nitrogens with one attached hydrogen (secondary N) is 1. The fraction of sp³-hybridized carbons (Fsp3) is 0.571. The largest absolute Gasteiger partial charge is 0.340 e. The van der Waals surface area contributed by atoms with Crippen LogP contribution >= 0.6 is 0 Å². The Kier molecular flexibility index (Phi) is 4.31. The SMILES string of the molecule is CC1CC(C(=O)N(C)Cc2ccccn2)CCN1. The Balaban J connectivity index is 1.92. The van der Waals surface area contributed by atoms with Gasteiger partial charge in [-0.3, -0.25) is 9.78 Å². The third-order valence-corrected chi connectivity index (χ3v) is 3.47. The fourth-order valence-corrected chi connectivity index (χ4v) is 2.48. The molecule has 2 unspecified atom stereocenters. The predicted molar refractivity (Wildman–Crippen MR) is 70.9 cm³/mol. The highest BCUT2D eigenvalue weighted by atomic mass is 16.2. The minimum Gasteiger partial charge on any atom is -0.340 e. The molecule has 4 heteroatoms. The van der Waals surface area contributed by atoms with Crippen molar-refractivity contribution < 1.29 is 4.79 Å². The number of hydrogen-bond donors (Lipinski definition) is 1. The van der Waals surface area contributed by atoms with E-state index in [1.165, 1.54) is 0 Å². The standard InChI is InChI=1S/C14H21N3O/c1-11-9-12(6-8-15-11)14(18)17(2)10-13-5-3-4-7-16-13/h3-5,7,11-12,15H,6,8-10H2,1-2H3. The molecule has 1 saturated heterocycles. The molecule has 1 amide bonds. The van der Waals surface area contributed by atoms with E-state index in [0.29, 0.717) is 12.6 Å². The van der Waals surface area contributed by atoms with Crippen LogP contribution in [0.5, 0.6) is 0 Å². The van der Waals surface area contributed by atoms with Crippen LogP contribution in [0.15, 0.2) is 24.4 Å². The van der Waals surface area contributed by atoms with E-state index < -0.39 is 0 Å². The maximum absolute atomic E-state index is 12.3. The van der Waals surface area contributed by atoms with E-state index in [1.54, 1.807) is 11.1 Å². The number of amides is 1. The summed E-state index contributed by atoms with van der Waals surface area (Å²) in [4.78, 5) is 18.4. The van der Waals surface area contributed by atoms with Crippen LogP contribution < -0.4 is 5.32 Å². The molecule has 98 valence electrons. The lowest BCUT2D eigenvalue weighted by atomic mass is 9.92. The molecule has 1 aromatic heterocycles. The summed E-state index contributed by atoms with van der Waals surface area (Å²) in [6.45, 7) is 3.67. The number of piperidine rings is 1. The predicted octanol–water partition coefficient (Wildman–Crippen LogP) is 1.43. The molecule has 1 aliphatic heterocycles. The summed E-state index contributed by atoms with van der Waals surface area (Å²) >= 11 is 0. The number of rotatable bonds is 3. The highest BCUT2D eigenvalue weighted by Gasteiger charge is 2.26. The number of aromatic nitrogens is 1. The van der Waals surface area contributed by atoms with Gasteiger partial charge in [0.25, 0.3) is 0 Å². The molecule has 2 heterocycles. The third kappa shape index (κ3) is 3.29. The molecule has 2 rings (SSSR count). The lowest BCUT2D eigenvalue weighted by Crippen LogP contribution is -2.42. The fourth-order valence-electron chi connectivity index (χ4n) is 2.48. The summed E-state index contributed by atoms with van der Waals surface area (Å²) in [7, 11) is 1.86. The minimum absolute atomic E-state index is 0.162. The first-order chi connectivity index (χ1) is 8.66. The van der Waals surface area contributed by atoms with Crippen LogP contribution in [0.2, 0.25) is 0 Å². The van der Waals surface area contributed by atoms with E-state index in [0.717, 1.165) is 25.1 Å². The first-order valence-corrected chi connectivity index (χ1v) is 6.55. The van der Waals surface area contributed by atoms with Gasteiger partial charge in [0.1, 0.15) is 0 Å². The second-order valence-corrected chi connectivity index (χ2v) is 5.09. The van der Waals surface area contributed by atoms with Crippen molar-refractivity contribution in [1.82, 2.24) is 15.2 Å². The zero-order valence-electron chi connectivity index (χ0n) is 11.1. The lowest BCUT2D eigenvalue weighted by molar-refractivity contribution is -0.135. The van der Waals surface area contributed by atoms with Crippen LogP contribution in [0.4, 0.5) is 0 Å². The Labute approximate surface area is 108 Å². The van der Waals surface area contributed by atoms with Gasteiger partial charge >= 0.3 is 0 Å². The summed E-state index contributed by atoms with van der Waals surface area (Å²) in [5.41, 5.74) is 0.940. The number of nitrogens with zero attached hydrogens (tertiary/aromatic N) is 2. The van der Waals surface area contributed by atoms with Crippen molar-refractivity contribution in [1.29, 1.82) is 0 Å². The second kappa shape index (κ2) is 5.96. The number of carbonyl (C=O) groups is 1. The van der Waals surface area contributed by atoms with Crippen LogP contribution in [0.3, 0.4) is 0 Å². The Morgan fingerprint density at radius 2 is 2.39 bits per heavy atom. The van der Waals surface area contributed by atoms with Crippen molar-refractivity contribution in [2.45, 2.75) is 32.4 Å². The van der Waals surface area contributed by atoms with E-state index in [2.05, 4.69) is 17.2 Å². The minimum atomic E-state index is 0.162. The molecule has 2 atom stereocenters. The number of pyridine rings is 1. The van der Waals surface area contributed by atoms with Crippen molar-refractivity contribution in [3.8, 4) is 0 Å². The van der Waals surface area contributed by atoms with Gasteiger partial charge in [-0.2, -0.15) is 0 Å². The molecular weight excluding hydrogens is 226 g/mol. The van der Waals surface area contributed by atoms with E-state index in [-0.39, 0.29) is 11.8 Å². The topological polar surface area (TPSA) is 45.2 Å². The van der Waals surface area contributed by atoms with E-state index in [1.807, 2.05) is 25.2 Å². The molecule has 0 aromatic carbocycles. The monoisotopic (exact) mass is 247 g/mol. The van der Waals surface area contributed by atoms with Gasteiger partial charge in [-0.25, -0.2) is 0 Å². The second-order valence-electron chi connectivity index (χ2n) is 5.09. The molecule has 0 radical (unpaired) electrons. The smallest absolute Gasteiger partial charge is 0.225 e. The molecule has 4 nitrogen and oxygen atoms in total. The molecule has 0 bridgehead atoms. The maximum atomic E-state index is 12.3. The van der Waals surface area contributed by atoms with Crippen molar-refractivity contribution in [3.63, 3.8) is 0 Å². The van der Waals surface area contributed by atoms with Gasteiger partial charge in [0, 0.05) is 25.2 Å². The van der Waals surface area contributed by atoms with Crippen molar-refractivity contribution in [2.75, 3.05) is 13.6 Å². The quantitative estimate of drug-likeness (QED) is 0.879. The van der Waals surface area contributed by atoms with Crippen LogP contribution in [-0.4, -0.2) is 35.4 Å². The van der Waals surface area contributed by atoms with Crippen LogP contribution in [0.25, 0.3) is 0 Å². The Bertz CT molecular complexity index is 393. The molecule has 1 aliphatic rings. The average molecular weight is 247 g/mol. The van der Waals surface area contributed by atoms with Gasteiger partial charge in [0.15, 0.2) is 0 Å². The van der Waals surface area contributed by atoms with Gasteiger partial charge in [-0.05, 0) is 38.4 Å². The lowest BCUT2D eigenvalue weighted by Gasteiger charge is -2.30. The Morgan fingerprint density at radius 1 is 1.56 bits per heavy atom. The summed E-state index contributed by atoms with van der Waals surface area (Å²) in [5, 5.41) is 3.37. The highest BCUT2D eigenvalue weighted by molar-refractivity contribution is 5.78. The summed E-state index contributed by atoms with van der Waals surface area (Å²) < 4.78 is 0. The molecule has 1 aromatic rings. The highest BCUT2D eigenvalue weighted by Crippen LogP contribution is 2.18. The summed E-state index contributed by atoms with van der Waals surface area (Å²) in [5.74, 6) is 0.406. The van der Waals surface area contributed by atoms with Gasteiger partial charge in [0.2, 0.25) is 5.91 Å². The van der Waals surface area contributed by atoms with Crippen LogP contribution in [0, 0.1) is 5.92 Å². The molecule has 1 fully saturated rings. The van der Waals surface area contributed by atoms with E-state index >= 15 is 0 Å². The number of carbonyl (C=O) groups excluding carboxylic acids is 1. The molecular formula is C14H21N3O. The zero-order valence-corrected chi connectivity index (χ0v) is 11.1. The van der Waals surface area contributed by atoms with Gasteiger partial charge in [-0.1, -0.05) is 6.07 Å². The van der Waals surface area contributed by atoms with E-state index in [9.17, 15) is 4.79 Å². The Hall–Kier alpha value is -1.42. The third-order valence-electron chi connectivity index (χ3n) is 3.47. The van der Waals surface area contributed by atoms with Crippen LogP contribution in [0.1, 0.15) is 25.5 Å². The van der Waals surface area contributed by atoms with Crippen molar-refractivity contribution in [2.24, 2.45) is 5.92 Å². The maximum Gasteiger partial charge on any atom is 0.225 e. The summed E-state index contributed by atoms with van der Waals surface area (Å²) in [6, 6.07) is 6.23. The first-order valence-electron chi connectivity index (χ1n) is 6.55. The number of hydrogen-bond acceptors (Lipinski definition) is 3.